The summed E-state index contributed by atoms with van der Waals surface area (Å²) in [7, 11) is 0. The fraction of sp³-hybridized carbons (Fsp3) is 0.640. The molecule has 2 aliphatic rings. The van der Waals surface area contributed by atoms with Crippen molar-refractivity contribution in [3.63, 3.8) is 0 Å². The lowest BCUT2D eigenvalue weighted by Gasteiger charge is -2.27. The highest BCUT2D eigenvalue weighted by Crippen LogP contribution is 2.31. The minimum Gasteiger partial charge on any atom is -0.460 e. The molecular weight excluding hydrogens is 787 g/mol. The molecule has 2 aliphatic heterocycles. The first-order chi connectivity index (χ1) is 28.9. The number of amides is 2. The second-order valence-electron chi connectivity index (χ2n) is 20.0. The van der Waals surface area contributed by atoms with Crippen LogP contribution in [0.1, 0.15) is 126 Å². The molecule has 344 valence electrons. The number of nitrogens with two attached hydrogens (primary N) is 1. The van der Waals surface area contributed by atoms with E-state index in [0.717, 1.165) is 17.5 Å². The SMILES string of the molecule is CC(C)C[C@H](N)C(=O)[C@@]1(C)CO1.CC(C)C[C@H](NC(=O)[C@H](CCc1ccccc1)CC(=O)OC(C)(C)C)C(=O)C[C@@H](Cc1ccccc1)C(=O)N[C@@H](CC(C)C)C(=O)[C@@]1(C)CO1. The van der Waals surface area contributed by atoms with Gasteiger partial charge in [0, 0.05) is 18.3 Å². The standard InChI is InChI=1S/C41H58N2O7.C9H17NO2/c1-27(2)21-33(42-38(47)31(25-36(45)50-40(5,6)7)20-19-29-15-11-9-12-16-29)35(44)24-32(23-30-17-13-10-14-18-30)39(48)43-34(22-28(3)4)37(46)41(8)26-49-41;1-6(2)4-7(10)8(11)9(3)5-12-9/h9-18,27-28,31-34H,19-26H2,1-8H3,(H,42,47)(H,43,48);6-7H,4-5,10H2,1-3H3/t31-,32-,33+,34+,41-;7-,9+/m10/s1. The van der Waals surface area contributed by atoms with E-state index < -0.39 is 52.6 Å². The van der Waals surface area contributed by atoms with Crippen LogP contribution in [0.5, 0.6) is 0 Å². The van der Waals surface area contributed by atoms with Crippen LogP contribution in [0.4, 0.5) is 0 Å². The molecule has 2 saturated heterocycles. The second kappa shape index (κ2) is 23.4. The molecule has 2 fully saturated rings. The molecule has 2 aromatic carbocycles. The molecule has 0 bridgehead atoms. The second-order valence-corrected chi connectivity index (χ2v) is 20.0. The molecule has 12 nitrogen and oxygen atoms in total. The molecule has 2 heterocycles. The van der Waals surface area contributed by atoms with E-state index in [-0.39, 0.29) is 60.4 Å². The maximum Gasteiger partial charge on any atom is 0.307 e. The van der Waals surface area contributed by atoms with Crippen LogP contribution in [-0.4, -0.2) is 83.3 Å². The van der Waals surface area contributed by atoms with Crippen LogP contribution < -0.4 is 16.4 Å². The van der Waals surface area contributed by atoms with Crippen LogP contribution in [0.15, 0.2) is 60.7 Å². The zero-order chi connectivity index (χ0) is 46.4. The first kappa shape index (κ1) is 52.1. The largest absolute Gasteiger partial charge is 0.460 e. The van der Waals surface area contributed by atoms with Crippen LogP contribution in [0.3, 0.4) is 0 Å². The predicted octanol–water partition coefficient (Wildman–Crippen LogP) is 6.92. The van der Waals surface area contributed by atoms with Crippen molar-refractivity contribution in [2.24, 2.45) is 35.3 Å². The summed E-state index contributed by atoms with van der Waals surface area (Å²) in [6.45, 7) is 21.8. The number of epoxide rings is 2. The molecular formula is C50H75N3O9. The number of Topliss-reactive ketones (excluding diaryl/α,β-unsaturated/α-hetero) is 3. The maximum absolute atomic E-state index is 14.1. The molecule has 0 unspecified atom stereocenters. The molecule has 0 aliphatic carbocycles. The molecule has 0 aromatic heterocycles. The van der Waals surface area contributed by atoms with Gasteiger partial charge in [0.1, 0.15) is 16.8 Å². The summed E-state index contributed by atoms with van der Waals surface area (Å²) in [5.74, 6) is -2.47. The van der Waals surface area contributed by atoms with Gasteiger partial charge < -0.3 is 30.6 Å². The Morgan fingerprint density at radius 3 is 1.60 bits per heavy atom. The molecule has 7 atom stereocenters. The predicted molar refractivity (Wildman–Crippen MR) is 241 cm³/mol. The molecule has 12 heteroatoms. The summed E-state index contributed by atoms with van der Waals surface area (Å²) >= 11 is 0. The van der Waals surface area contributed by atoms with Crippen LogP contribution in [-0.2, 0) is 55.8 Å². The van der Waals surface area contributed by atoms with Crippen LogP contribution in [0.25, 0.3) is 0 Å². The lowest BCUT2D eigenvalue weighted by atomic mass is 9.87. The Morgan fingerprint density at radius 1 is 0.661 bits per heavy atom. The van der Waals surface area contributed by atoms with Crippen molar-refractivity contribution >= 4 is 35.1 Å². The number of nitrogens with one attached hydrogen (secondary N) is 2. The fourth-order valence-corrected chi connectivity index (χ4v) is 7.34. The van der Waals surface area contributed by atoms with Crippen molar-refractivity contribution in [3.8, 4) is 0 Å². The van der Waals surface area contributed by atoms with Gasteiger partial charge in [0.15, 0.2) is 17.3 Å². The normalized spacial score (nSPS) is 20.5. The Balaban J connectivity index is 0.000000732. The first-order valence-corrected chi connectivity index (χ1v) is 22.5. The summed E-state index contributed by atoms with van der Waals surface area (Å²) in [6.07, 6.45) is 2.57. The van der Waals surface area contributed by atoms with Gasteiger partial charge in [-0.25, -0.2) is 0 Å². The Hall–Kier alpha value is -4.26. The third-order valence-corrected chi connectivity index (χ3v) is 11.0. The van der Waals surface area contributed by atoms with Crippen LogP contribution in [0.2, 0.25) is 0 Å². The van der Waals surface area contributed by atoms with Gasteiger partial charge in [-0.05, 0) is 102 Å². The van der Waals surface area contributed by atoms with Crippen LogP contribution in [0, 0.1) is 29.6 Å². The van der Waals surface area contributed by atoms with Gasteiger partial charge in [-0.15, -0.1) is 0 Å². The number of carbonyl (C=O) groups is 6. The van der Waals surface area contributed by atoms with Crippen molar-refractivity contribution in [3.05, 3.63) is 71.8 Å². The van der Waals surface area contributed by atoms with E-state index in [9.17, 15) is 28.8 Å². The Bertz CT molecular complexity index is 1780. The van der Waals surface area contributed by atoms with Crippen molar-refractivity contribution in [1.82, 2.24) is 10.6 Å². The molecule has 0 radical (unpaired) electrons. The number of hydrogen-bond acceptors (Lipinski definition) is 10. The van der Waals surface area contributed by atoms with Crippen LogP contribution >= 0.6 is 0 Å². The third kappa shape index (κ3) is 18.2. The van der Waals surface area contributed by atoms with Crippen molar-refractivity contribution in [1.29, 1.82) is 0 Å². The highest BCUT2D eigenvalue weighted by atomic mass is 16.6. The molecule has 4 N–H and O–H groups in total. The van der Waals surface area contributed by atoms with Crippen molar-refractivity contribution < 1.29 is 43.0 Å². The number of aryl methyl sites for hydroxylation is 1. The van der Waals surface area contributed by atoms with Gasteiger partial charge in [-0.1, -0.05) is 102 Å². The van der Waals surface area contributed by atoms with Crippen molar-refractivity contribution in [2.75, 3.05) is 13.2 Å². The Kier molecular flexibility index (Phi) is 19.7. The maximum atomic E-state index is 14.1. The number of esters is 1. The zero-order valence-corrected chi connectivity index (χ0v) is 39.2. The molecule has 4 rings (SSSR count). The summed E-state index contributed by atoms with van der Waals surface area (Å²) in [4.78, 5) is 79.7. The average molecular weight is 862 g/mol. The minimum absolute atomic E-state index is 0.0520. The van der Waals surface area contributed by atoms with Gasteiger partial charge in [0.2, 0.25) is 11.8 Å². The topological polar surface area (TPSA) is 187 Å². The van der Waals surface area contributed by atoms with E-state index in [1.165, 1.54) is 0 Å². The lowest BCUT2D eigenvalue weighted by molar-refractivity contribution is -0.157. The Morgan fingerprint density at radius 2 is 1.11 bits per heavy atom. The van der Waals surface area contributed by atoms with E-state index >= 15 is 0 Å². The highest BCUT2D eigenvalue weighted by molar-refractivity contribution is 5.98. The summed E-state index contributed by atoms with van der Waals surface area (Å²) in [6, 6.07) is 17.2. The van der Waals surface area contributed by atoms with E-state index in [4.69, 9.17) is 19.9 Å². The Labute approximate surface area is 370 Å². The molecule has 0 saturated carbocycles. The molecule has 0 spiro atoms. The molecule has 62 heavy (non-hydrogen) atoms. The van der Waals surface area contributed by atoms with Gasteiger partial charge >= 0.3 is 5.97 Å². The van der Waals surface area contributed by atoms with E-state index in [2.05, 4.69) is 24.5 Å². The van der Waals surface area contributed by atoms with Gasteiger partial charge in [-0.2, -0.15) is 0 Å². The number of hydrogen-bond donors (Lipinski definition) is 3. The number of benzene rings is 2. The summed E-state index contributed by atoms with van der Waals surface area (Å²) < 4.78 is 16.0. The summed E-state index contributed by atoms with van der Waals surface area (Å²) in [5, 5.41) is 5.95. The summed E-state index contributed by atoms with van der Waals surface area (Å²) in [5.41, 5.74) is 5.48. The van der Waals surface area contributed by atoms with E-state index in [0.29, 0.717) is 44.8 Å². The zero-order valence-electron chi connectivity index (χ0n) is 39.2. The highest BCUT2D eigenvalue weighted by Gasteiger charge is 2.50. The molecule has 2 aromatic rings. The fourth-order valence-electron chi connectivity index (χ4n) is 7.34. The van der Waals surface area contributed by atoms with Gasteiger partial charge in [-0.3, -0.25) is 28.8 Å². The third-order valence-electron chi connectivity index (χ3n) is 11.0. The monoisotopic (exact) mass is 862 g/mol. The van der Waals surface area contributed by atoms with Gasteiger partial charge in [0.05, 0.1) is 37.8 Å². The number of ketones is 3. The smallest absolute Gasteiger partial charge is 0.307 e. The molecule has 2 amide bonds. The van der Waals surface area contributed by atoms with E-state index in [1.807, 2.05) is 88.4 Å². The number of carbonyl (C=O) groups excluding carboxylic acids is 6. The van der Waals surface area contributed by atoms with Gasteiger partial charge in [0.25, 0.3) is 0 Å². The lowest BCUT2D eigenvalue weighted by Crippen LogP contribution is -2.50. The minimum atomic E-state index is -0.902. The van der Waals surface area contributed by atoms with Crippen molar-refractivity contribution in [2.45, 2.75) is 162 Å². The van der Waals surface area contributed by atoms with E-state index in [1.54, 1.807) is 34.6 Å². The first-order valence-electron chi connectivity index (χ1n) is 22.5. The average Bonchev–Trinajstić information content (AvgIpc) is 4.12. The quantitative estimate of drug-likeness (QED) is 0.0739. The number of ether oxygens (including phenoxy) is 3. The number of rotatable bonds is 24.